The van der Waals surface area contributed by atoms with Crippen molar-refractivity contribution in [2.24, 2.45) is 5.73 Å². The molecule has 0 spiro atoms. The Bertz CT molecular complexity index is 402. The molecule has 1 aromatic carbocycles. The number of carbonyl (C=O) groups is 1. The van der Waals surface area contributed by atoms with Gasteiger partial charge >= 0.3 is 0 Å². The van der Waals surface area contributed by atoms with Gasteiger partial charge in [-0.15, -0.1) is 0 Å². The van der Waals surface area contributed by atoms with Crippen LogP contribution in [0.5, 0.6) is 11.5 Å². The third kappa shape index (κ3) is 4.25. The van der Waals surface area contributed by atoms with Crippen LogP contribution in [0.4, 0.5) is 0 Å². The average molecular weight is 252 g/mol. The lowest BCUT2D eigenvalue weighted by molar-refractivity contribution is 0.0945. The topological polar surface area (TPSA) is 73.6 Å². The van der Waals surface area contributed by atoms with Gasteiger partial charge in [0.1, 0.15) is 11.5 Å². The van der Waals surface area contributed by atoms with Crippen LogP contribution in [0.2, 0.25) is 0 Å². The number of hydrogen-bond acceptors (Lipinski definition) is 4. The van der Waals surface area contributed by atoms with Crippen molar-refractivity contribution in [3.63, 3.8) is 0 Å². The van der Waals surface area contributed by atoms with Crippen LogP contribution < -0.4 is 20.5 Å². The van der Waals surface area contributed by atoms with Crippen LogP contribution in [0.25, 0.3) is 0 Å². The number of carbonyl (C=O) groups excluding carboxylic acids is 1. The monoisotopic (exact) mass is 252 g/mol. The summed E-state index contributed by atoms with van der Waals surface area (Å²) in [6.45, 7) is 4.09. The SMILES string of the molecule is COc1cc(OC)cc(C(=O)NCC(C)(C)N)c1. The highest BCUT2D eigenvalue weighted by molar-refractivity contribution is 5.95. The maximum absolute atomic E-state index is 11.9. The third-order valence-corrected chi connectivity index (χ3v) is 2.32. The lowest BCUT2D eigenvalue weighted by Gasteiger charge is -2.19. The molecule has 1 rings (SSSR count). The number of amides is 1. The standard InChI is InChI=1S/C13H20N2O3/c1-13(2,14)8-15-12(16)9-5-10(17-3)7-11(6-9)18-4/h5-7H,8,14H2,1-4H3,(H,15,16). The van der Waals surface area contributed by atoms with Crippen molar-refractivity contribution in [1.82, 2.24) is 5.32 Å². The van der Waals surface area contributed by atoms with Crippen LogP contribution in [0, 0.1) is 0 Å². The molecular weight excluding hydrogens is 232 g/mol. The molecule has 0 saturated carbocycles. The van der Waals surface area contributed by atoms with E-state index in [1.807, 2.05) is 13.8 Å². The average Bonchev–Trinajstić information content (AvgIpc) is 2.34. The smallest absolute Gasteiger partial charge is 0.251 e. The summed E-state index contributed by atoms with van der Waals surface area (Å²) in [7, 11) is 3.08. The number of nitrogens with two attached hydrogens (primary N) is 1. The molecule has 0 fully saturated rings. The minimum Gasteiger partial charge on any atom is -0.497 e. The number of ether oxygens (including phenoxy) is 2. The van der Waals surface area contributed by atoms with Gasteiger partial charge in [-0.2, -0.15) is 0 Å². The molecule has 18 heavy (non-hydrogen) atoms. The van der Waals surface area contributed by atoms with Crippen molar-refractivity contribution in [2.45, 2.75) is 19.4 Å². The molecule has 0 radical (unpaired) electrons. The summed E-state index contributed by atoms with van der Waals surface area (Å²) >= 11 is 0. The summed E-state index contributed by atoms with van der Waals surface area (Å²) < 4.78 is 10.2. The van der Waals surface area contributed by atoms with E-state index in [-0.39, 0.29) is 5.91 Å². The van der Waals surface area contributed by atoms with Gasteiger partial charge in [-0.1, -0.05) is 0 Å². The molecule has 0 aliphatic rings. The fourth-order valence-electron chi connectivity index (χ4n) is 1.35. The van der Waals surface area contributed by atoms with Gasteiger partial charge in [0.15, 0.2) is 0 Å². The summed E-state index contributed by atoms with van der Waals surface area (Å²) in [5.74, 6) is 0.948. The molecular formula is C13H20N2O3. The second kappa shape index (κ2) is 5.73. The Balaban J connectivity index is 2.84. The van der Waals surface area contributed by atoms with Gasteiger partial charge in [0, 0.05) is 23.7 Å². The molecule has 5 nitrogen and oxygen atoms in total. The first kappa shape index (κ1) is 14.3. The molecule has 0 aliphatic heterocycles. The second-order valence-electron chi connectivity index (χ2n) is 4.77. The van der Waals surface area contributed by atoms with Gasteiger partial charge in [0.2, 0.25) is 0 Å². The normalized spacial score (nSPS) is 10.9. The molecule has 5 heteroatoms. The number of hydrogen-bond donors (Lipinski definition) is 2. The Kier molecular flexibility index (Phi) is 4.55. The van der Waals surface area contributed by atoms with E-state index in [0.717, 1.165) is 0 Å². The molecule has 0 saturated heterocycles. The fourth-order valence-corrected chi connectivity index (χ4v) is 1.35. The number of benzene rings is 1. The molecule has 3 N–H and O–H groups in total. The van der Waals surface area contributed by atoms with Crippen LogP contribution in [0.15, 0.2) is 18.2 Å². The highest BCUT2D eigenvalue weighted by atomic mass is 16.5. The van der Waals surface area contributed by atoms with Gasteiger partial charge in [-0.05, 0) is 26.0 Å². The molecule has 0 bridgehead atoms. The van der Waals surface area contributed by atoms with Crippen molar-refractivity contribution >= 4 is 5.91 Å². The summed E-state index contributed by atoms with van der Waals surface area (Å²) in [6.07, 6.45) is 0. The Morgan fingerprint density at radius 2 is 1.72 bits per heavy atom. The van der Waals surface area contributed by atoms with Gasteiger partial charge < -0.3 is 20.5 Å². The predicted octanol–water partition coefficient (Wildman–Crippen LogP) is 1.17. The van der Waals surface area contributed by atoms with Gasteiger partial charge in [0.05, 0.1) is 14.2 Å². The Labute approximate surface area is 107 Å². The maximum Gasteiger partial charge on any atom is 0.251 e. The van der Waals surface area contributed by atoms with E-state index < -0.39 is 5.54 Å². The minimum atomic E-state index is -0.446. The van der Waals surface area contributed by atoms with E-state index in [2.05, 4.69) is 5.32 Å². The lowest BCUT2D eigenvalue weighted by Crippen LogP contribution is -2.45. The van der Waals surface area contributed by atoms with E-state index in [4.69, 9.17) is 15.2 Å². The first-order valence-electron chi connectivity index (χ1n) is 5.66. The minimum absolute atomic E-state index is 0.203. The van der Waals surface area contributed by atoms with Crippen LogP contribution >= 0.6 is 0 Å². The predicted molar refractivity (Wildman–Crippen MR) is 70.1 cm³/mol. The summed E-state index contributed by atoms with van der Waals surface area (Å²) in [6, 6.07) is 5.02. The van der Waals surface area contributed by atoms with E-state index >= 15 is 0 Å². The van der Waals surface area contributed by atoms with Crippen LogP contribution in [-0.2, 0) is 0 Å². The zero-order chi connectivity index (χ0) is 13.8. The number of methoxy groups -OCH3 is 2. The number of nitrogens with one attached hydrogen (secondary N) is 1. The van der Waals surface area contributed by atoms with Crippen molar-refractivity contribution in [3.8, 4) is 11.5 Å². The molecule has 0 heterocycles. The second-order valence-corrected chi connectivity index (χ2v) is 4.77. The quantitative estimate of drug-likeness (QED) is 0.825. The van der Waals surface area contributed by atoms with Gasteiger partial charge in [0.25, 0.3) is 5.91 Å². The Morgan fingerprint density at radius 3 is 2.11 bits per heavy atom. The zero-order valence-corrected chi connectivity index (χ0v) is 11.2. The van der Waals surface area contributed by atoms with E-state index in [1.54, 1.807) is 32.4 Å². The number of rotatable bonds is 5. The summed E-state index contributed by atoms with van der Waals surface area (Å²) in [5.41, 5.74) is 5.85. The Morgan fingerprint density at radius 1 is 1.22 bits per heavy atom. The van der Waals surface area contributed by atoms with Gasteiger partial charge in [-0.25, -0.2) is 0 Å². The third-order valence-electron chi connectivity index (χ3n) is 2.32. The van der Waals surface area contributed by atoms with Crippen molar-refractivity contribution in [1.29, 1.82) is 0 Å². The van der Waals surface area contributed by atoms with E-state index in [0.29, 0.717) is 23.6 Å². The highest BCUT2D eigenvalue weighted by Gasteiger charge is 2.14. The molecule has 0 aliphatic carbocycles. The molecule has 0 atom stereocenters. The van der Waals surface area contributed by atoms with Crippen LogP contribution in [0.3, 0.4) is 0 Å². The first-order valence-corrected chi connectivity index (χ1v) is 5.66. The molecule has 100 valence electrons. The largest absolute Gasteiger partial charge is 0.497 e. The zero-order valence-electron chi connectivity index (χ0n) is 11.2. The van der Waals surface area contributed by atoms with Crippen LogP contribution in [-0.4, -0.2) is 32.2 Å². The van der Waals surface area contributed by atoms with E-state index in [9.17, 15) is 4.79 Å². The van der Waals surface area contributed by atoms with E-state index in [1.165, 1.54) is 0 Å². The fraction of sp³-hybridized carbons (Fsp3) is 0.462. The molecule has 0 unspecified atom stereocenters. The van der Waals surface area contributed by atoms with Crippen LogP contribution in [0.1, 0.15) is 24.2 Å². The first-order chi connectivity index (χ1) is 8.35. The summed E-state index contributed by atoms with van der Waals surface area (Å²) in [5, 5.41) is 2.77. The lowest BCUT2D eigenvalue weighted by atomic mass is 10.1. The van der Waals surface area contributed by atoms with Crippen molar-refractivity contribution in [3.05, 3.63) is 23.8 Å². The Hall–Kier alpha value is -1.75. The highest BCUT2D eigenvalue weighted by Crippen LogP contribution is 2.22. The van der Waals surface area contributed by atoms with Crippen molar-refractivity contribution in [2.75, 3.05) is 20.8 Å². The van der Waals surface area contributed by atoms with Crippen molar-refractivity contribution < 1.29 is 14.3 Å². The molecule has 1 amide bonds. The van der Waals surface area contributed by atoms with Gasteiger partial charge in [-0.3, -0.25) is 4.79 Å². The maximum atomic E-state index is 11.9. The summed E-state index contributed by atoms with van der Waals surface area (Å²) in [4.78, 5) is 11.9. The molecule has 1 aromatic rings. The molecule has 0 aromatic heterocycles.